The summed E-state index contributed by atoms with van der Waals surface area (Å²) in [7, 11) is 0. The first kappa shape index (κ1) is 17.8. The number of nitrogens with zero attached hydrogens (tertiary/aromatic N) is 1. The van der Waals surface area contributed by atoms with Crippen molar-refractivity contribution in [1.29, 1.82) is 0 Å². The van der Waals surface area contributed by atoms with Crippen LogP contribution in [0.3, 0.4) is 0 Å². The number of carboxylic acids is 2. The smallest absolute Gasteiger partial charge is 0.328 e. The highest BCUT2D eigenvalue weighted by Gasteiger charge is 2.15. The van der Waals surface area contributed by atoms with Crippen molar-refractivity contribution in [3.8, 4) is 0 Å². The maximum absolute atomic E-state index is 9.55. The fourth-order valence-corrected chi connectivity index (χ4v) is 3.37. The number of rotatable bonds is 5. The van der Waals surface area contributed by atoms with Crippen molar-refractivity contribution >= 4 is 34.9 Å². The van der Waals surface area contributed by atoms with Gasteiger partial charge in [0.1, 0.15) is 0 Å². The first-order valence-corrected chi connectivity index (χ1v) is 8.24. The predicted octanol–water partition coefficient (Wildman–Crippen LogP) is 0.577. The molecule has 7 heteroatoms. The third kappa shape index (κ3) is 4.74. The molecule has 2 aliphatic carbocycles. The summed E-state index contributed by atoms with van der Waals surface area (Å²) in [6.45, 7) is 0.748. The third-order valence-corrected chi connectivity index (χ3v) is 4.38. The molecule has 0 atom stereocenters. The minimum atomic E-state index is -1.26. The minimum absolute atomic E-state index is 0.558. The molecule has 0 saturated heterocycles. The van der Waals surface area contributed by atoms with Gasteiger partial charge in [0, 0.05) is 18.6 Å². The van der Waals surface area contributed by atoms with Crippen molar-refractivity contribution in [3.05, 3.63) is 50.8 Å². The van der Waals surface area contributed by atoms with Gasteiger partial charge in [-0.3, -0.25) is 0 Å². The zero-order chi connectivity index (χ0) is 17.5. The van der Waals surface area contributed by atoms with Gasteiger partial charge in [-0.25, -0.2) is 14.6 Å². The topological polar surface area (TPSA) is 114 Å². The third-order valence-electron chi connectivity index (χ3n) is 3.32. The summed E-state index contributed by atoms with van der Waals surface area (Å²) in [5, 5.41) is 18.1. The number of aryl methyl sites for hydroxylation is 1. The lowest BCUT2D eigenvalue weighted by Crippen LogP contribution is -2.19. The largest absolute Gasteiger partial charge is 0.478 e. The van der Waals surface area contributed by atoms with Gasteiger partial charge in [0.2, 0.25) is 0 Å². The van der Waals surface area contributed by atoms with Crippen molar-refractivity contribution in [2.45, 2.75) is 19.3 Å². The molecule has 3 rings (SSSR count). The molecule has 0 spiro atoms. The van der Waals surface area contributed by atoms with Gasteiger partial charge in [-0.05, 0) is 36.6 Å². The van der Waals surface area contributed by atoms with Crippen LogP contribution in [0.4, 0.5) is 0 Å². The van der Waals surface area contributed by atoms with Gasteiger partial charge >= 0.3 is 11.9 Å². The zero-order valence-corrected chi connectivity index (χ0v) is 13.8. The molecule has 1 heterocycles. The summed E-state index contributed by atoms with van der Waals surface area (Å²) >= 11 is 1.82. The number of nitrogens with two attached hydrogens (primary N) is 1. The SMILES string of the molecule is NCCCc1nc2c(s1)=CC1=CC=CCC=21.O=C(O)C=CC(=O)O. The Labute approximate surface area is 142 Å². The second-order valence-electron chi connectivity index (χ2n) is 5.10. The quantitative estimate of drug-likeness (QED) is 0.672. The predicted molar refractivity (Wildman–Crippen MR) is 92.9 cm³/mol. The second kappa shape index (κ2) is 8.37. The van der Waals surface area contributed by atoms with Crippen molar-refractivity contribution < 1.29 is 19.8 Å². The summed E-state index contributed by atoms with van der Waals surface area (Å²) in [4.78, 5) is 23.8. The molecule has 0 saturated carbocycles. The number of allylic oxidation sites excluding steroid dienone is 4. The van der Waals surface area contributed by atoms with E-state index in [2.05, 4.69) is 24.3 Å². The molecule has 0 bridgehead atoms. The molecule has 0 radical (unpaired) electrons. The Morgan fingerprint density at radius 1 is 1.29 bits per heavy atom. The van der Waals surface area contributed by atoms with Gasteiger partial charge in [-0.1, -0.05) is 18.2 Å². The summed E-state index contributed by atoms with van der Waals surface area (Å²) in [6, 6.07) is 0. The molecule has 2 aliphatic rings. The van der Waals surface area contributed by atoms with Gasteiger partial charge in [0.15, 0.2) is 0 Å². The minimum Gasteiger partial charge on any atom is -0.478 e. The van der Waals surface area contributed by atoms with Gasteiger partial charge < -0.3 is 15.9 Å². The van der Waals surface area contributed by atoms with Crippen LogP contribution in [0, 0.1) is 0 Å². The molecule has 24 heavy (non-hydrogen) atoms. The highest BCUT2D eigenvalue weighted by atomic mass is 32.1. The number of carbonyl (C=O) groups is 2. The normalized spacial score (nSPS) is 14.4. The number of fused-ring (bicyclic) bond motifs is 2. The number of thiazole rings is 1. The van der Waals surface area contributed by atoms with Gasteiger partial charge in [-0.2, -0.15) is 0 Å². The molecular formula is C17H18N2O4S. The van der Waals surface area contributed by atoms with E-state index in [1.54, 1.807) is 0 Å². The Kier molecular flexibility index (Phi) is 6.22. The van der Waals surface area contributed by atoms with Crippen LogP contribution < -0.4 is 15.6 Å². The van der Waals surface area contributed by atoms with Crippen molar-refractivity contribution in [1.82, 2.24) is 4.98 Å². The highest BCUT2D eigenvalue weighted by molar-refractivity contribution is 7.09. The Hall–Kier alpha value is -2.51. The molecule has 0 fully saturated rings. The Bertz CT molecular complexity index is 830. The Morgan fingerprint density at radius 3 is 2.62 bits per heavy atom. The number of aliphatic carboxylic acids is 2. The van der Waals surface area contributed by atoms with Crippen LogP contribution >= 0.6 is 11.3 Å². The molecule has 6 nitrogen and oxygen atoms in total. The molecule has 0 aromatic carbocycles. The van der Waals surface area contributed by atoms with E-state index in [-0.39, 0.29) is 0 Å². The maximum Gasteiger partial charge on any atom is 0.328 e. The summed E-state index contributed by atoms with van der Waals surface area (Å²) < 4.78 is 1.33. The zero-order valence-electron chi connectivity index (χ0n) is 12.9. The van der Waals surface area contributed by atoms with E-state index in [0.717, 1.165) is 25.8 Å². The van der Waals surface area contributed by atoms with Gasteiger partial charge in [0.25, 0.3) is 0 Å². The molecule has 0 unspecified atom stereocenters. The number of hydrogen-bond acceptors (Lipinski definition) is 5. The second-order valence-corrected chi connectivity index (χ2v) is 6.21. The first-order chi connectivity index (χ1) is 11.5. The van der Waals surface area contributed by atoms with Crippen LogP contribution in [0.5, 0.6) is 0 Å². The monoisotopic (exact) mass is 346 g/mol. The van der Waals surface area contributed by atoms with Crippen LogP contribution in [0.1, 0.15) is 17.8 Å². The van der Waals surface area contributed by atoms with E-state index in [1.807, 2.05) is 11.3 Å². The first-order valence-electron chi connectivity index (χ1n) is 7.43. The van der Waals surface area contributed by atoms with Crippen LogP contribution in [-0.4, -0.2) is 33.7 Å². The van der Waals surface area contributed by atoms with Crippen LogP contribution in [0.2, 0.25) is 0 Å². The molecule has 0 amide bonds. The van der Waals surface area contributed by atoms with E-state index in [4.69, 9.17) is 20.9 Å². The number of aromatic nitrogens is 1. The van der Waals surface area contributed by atoms with Crippen molar-refractivity contribution in [2.75, 3.05) is 6.54 Å². The molecule has 126 valence electrons. The highest BCUT2D eigenvalue weighted by Crippen LogP contribution is 2.23. The van der Waals surface area contributed by atoms with E-state index in [1.165, 1.54) is 26.0 Å². The maximum atomic E-state index is 9.55. The van der Waals surface area contributed by atoms with E-state index < -0.39 is 11.9 Å². The average Bonchev–Trinajstić information content (AvgIpc) is 3.09. The van der Waals surface area contributed by atoms with Crippen LogP contribution in [-0.2, 0) is 16.0 Å². The fraction of sp³-hybridized carbons (Fsp3) is 0.235. The van der Waals surface area contributed by atoms with Gasteiger partial charge in [-0.15, -0.1) is 11.3 Å². The van der Waals surface area contributed by atoms with Crippen molar-refractivity contribution in [3.63, 3.8) is 0 Å². The molecule has 1 aromatic heterocycles. The lowest BCUT2D eigenvalue weighted by atomic mass is 10.0. The number of hydrogen-bond donors (Lipinski definition) is 3. The van der Waals surface area contributed by atoms with Crippen LogP contribution in [0.25, 0.3) is 11.6 Å². The number of carboxylic acid groups (broad SMARTS) is 2. The molecular weight excluding hydrogens is 328 g/mol. The fourth-order valence-electron chi connectivity index (χ4n) is 2.28. The molecule has 0 aliphatic heterocycles. The Morgan fingerprint density at radius 2 is 2.00 bits per heavy atom. The molecule has 1 aromatic rings. The van der Waals surface area contributed by atoms with Gasteiger partial charge in [0.05, 0.1) is 14.9 Å². The molecule has 4 N–H and O–H groups in total. The average molecular weight is 346 g/mol. The van der Waals surface area contributed by atoms with Crippen molar-refractivity contribution in [2.24, 2.45) is 5.73 Å². The lowest BCUT2D eigenvalue weighted by molar-refractivity contribution is -0.134. The Balaban J connectivity index is 0.000000224. The summed E-state index contributed by atoms with van der Waals surface area (Å²) in [5.74, 6) is -2.51. The van der Waals surface area contributed by atoms with Crippen LogP contribution in [0.15, 0.2) is 36.0 Å². The lowest BCUT2D eigenvalue weighted by Gasteiger charge is -2.04. The van der Waals surface area contributed by atoms with E-state index >= 15 is 0 Å². The summed E-state index contributed by atoms with van der Waals surface area (Å²) in [5.41, 5.74) is 8.26. The standard InChI is InChI=1S/C13H14N2S.C4H4O4/c14-7-3-6-12-15-13-10-5-2-1-4-9(10)8-11(13)16-12;5-3(6)1-2-4(7)8/h1-2,4,8H,3,5-7,14H2;1-2H,(H,5,6)(H,7,8). The van der Waals surface area contributed by atoms with E-state index in [0.29, 0.717) is 12.2 Å². The van der Waals surface area contributed by atoms with E-state index in [9.17, 15) is 9.59 Å². The summed E-state index contributed by atoms with van der Waals surface area (Å²) in [6.07, 6.45) is 12.9.